The average molecular weight is 166 g/mol. The van der Waals surface area contributed by atoms with Crippen molar-refractivity contribution in [2.24, 2.45) is 5.92 Å². The quantitative estimate of drug-likeness (QED) is 0.639. The van der Waals surface area contributed by atoms with Crippen molar-refractivity contribution in [3.8, 4) is 0 Å². The molecule has 0 fully saturated rings. The fraction of sp³-hybridized carbons (Fsp3) is 0.636. The molecule has 68 valence electrons. The highest BCUT2D eigenvalue weighted by Crippen LogP contribution is 2.29. The molecule has 0 aromatic carbocycles. The third kappa shape index (κ3) is 2.49. The zero-order chi connectivity index (χ0) is 8.97. The van der Waals surface area contributed by atoms with Gasteiger partial charge in [-0.3, -0.25) is 0 Å². The van der Waals surface area contributed by atoms with Crippen LogP contribution in [0.25, 0.3) is 0 Å². The molecule has 1 nitrogen and oxygen atoms in total. The van der Waals surface area contributed by atoms with Crippen LogP contribution in [-0.2, 0) is 0 Å². The maximum Gasteiger partial charge on any atom is 0.0468 e. The highest BCUT2D eigenvalue weighted by atomic mass is 16.2. The minimum Gasteiger partial charge on any atom is -0.396 e. The van der Waals surface area contributed by atoms with Crippen LogP contribution in [0.4, 0.5) is 0 Å². The molecule has 0 aromatic rings. The molecule has 1 aliphatic rings. The molecular formula is C11H18O. The van der Waals surface area contributed by atoms with Gasteiger partial charge in [-0.05, 0) is 38.5 Å². The Labute approximate surface area is 74.8 Å². The Morgan fingerprint density at radius 2 is 2.50 bits per heavy atom. The summed E-state index contributed by atoms with van der Waals surface area (Å²) in [7, 11) is 0. The lowest BCUT2D eigenvalue weighted by molar-refractivity contribution is 0.292. The summed E-state index contributed by atoms with van der Waals surface area (Å²) >= 11 is 0. The second-order valence-electron chi connectivity index (χ2n) is 3.65. The number of aliphatic hydroxyl groups is 1. The van der Waals surface area contributed by atoms with Crippen molar-refractivity contribution in [3.63, 3.8) is 0 Å². The fourth-order valence-electron chi connectivity index (χ4n) is 1.68. The van der Waals surface area contributed by atoms with Crippen LogP contribution in [0.3, 0.4) is 0 Å². The molecule has 0 saturated carbocycles. The van der Waals surface area contributed by atoms with E-state index in [1.54, 1.807) is 0 Å². The summed E-state index contributed by atoms with van der Waals surface area (Å²) in [4.78, 5) is 0. The van der Waals surface area contributed by atoms with Gasteiger partial charge >= 0.3 is 0 Å². The standard InChI is InChI=1S/C11H18O/c1-9-3-5-11(6-4-9)10(2)7-8-12/h3,11-12H,2,4-8H2,1H3. The molecule has 12 heavy (non-hydrogen) atoms. The summed E-state index contributed by atoms with van der Waals surface area (Å²) in [6, 6.07) is 0. The molecule has 0 aromatic heterocycles. The van der Waals surface area contributed by atoms with Crippen molar-refractivity contribution in [2.45, 2.75) is 32.6 Å². The monoisotopic (exact) mass is 166 g/mol. The van der Waals surface area contributed by atoms with Crippen molar-refractivity contribution in [1.29, 1.82) is 0 Å². The average Bonchev–Trinajstić information content (AvgIpc) is 2.06. The van der Waals surface area contributed by atoms with Crippen LogP contribution in [0.5, 0.6) is 0 Å². The van der Waals surface area contributed by atoms with E-state index >= 15 is 0 Å². The molecule has 1 N–H and O–H groups in total. The first-order chi connectivity index (χ1) is 5.74. The highest BCUT2D eigenvalue weighted by Gasteiger charge is 2.14. The molecule has 0 saturated heterocycles. The van der Waals surface area contributed by atoms with Crippen molar-refractivity contribution in [2.75, 3.05) is 6.61 Å². The number of hydrogen-bond acceptors (Lipinski definition) is 1. The van der Waals surface area contributed by atoms with E-state index in [2.05, 4.69) is 19.6 Å². The second kappa shape index (κ2) is 4.46. The summed E-state index contributed by atoms with van der Waals surface area (Å²) in [6.07, 6.45) is 6.63. The molecule has 1 atom stereocenters. The van der Waals surface area contributed by atoms with Gasteiger partial charge in [0.15, 0.2) is 0 Å². The molecule has 0 heterocycles. The van der Waals surface area contributed by atoms with Gasteiger partial charge in [-0.25, -0.2) is 0 Å². The summed E-state index contributed by atoms with van der Waals surface area (Å²) in [5.74, 6) is 0.626. The Morgan fingerprint density at radius 1 is 1.75 bits per heavy atom. The van der Waals surface area contributed by atoms with Crippen LogP contribution in [0, 0.1) is 5.92 Å². The molecule has 0 radical (unpaired) electrons. The van der Waals surface area contributed by atoms with E-state index in [4.69, 9.17) is 5.11 Å². The second-order valence-corrected chi connectivity index (χ2v) is 3.65. The van der Waals surface area contributed by atoms with Crippen LogP contribution < -0.4 is 0 Å². The van der Waals surface area contributed by atoms with Gasteiger partial charge in [0.05, 0.1) is 0 Å². The highest BCUT2D eigenvalue weighted by molar-refractivity contribution is 5.11. The Hall–Kier alpha value is -0.560. The minimum atomic E-state index is 0.248. The first-order valence-corrected chi connectivity index (χ1v) is 4.68. The summed E-state index contributed by atoms with van der Waals surface area (Å²) in [6.45, 7) is 6.44. The van der Waals surface area contributed by atoms with Gasteiger partial charge in [0, 0.05) is 6.61 Å². The van der Waals surface area contributed by atoms with Gasteiger partial charge in [-0.2, -0.15) is 0 Å². The Balaban J connectivity index is 2.40. The molecule has 0 aliphatic heterocycles. The number of hydrogen-bond donors (Lipinski definition) is 1. The largest absolute Gasteiger partial charge is 0.396 e. The molecule has 1 unspecified atom stereocenters. The number of allylic oxidation sites excluding steroid dienone is 2. The van der Waals surface area contributed by atoms with Crippen LogP contribution in [0.2, 0.25) is 0 Å². The molecule has 0 spiro atoms. The van der Waals surface area contributed by atoms with E-state index in [0.717, 1.165) is 12.8 Å². The third-order valence-corrected chi connectivity index (χ3v) is 2.65. The lowest BCUT2D eigenvalue weighted by Crippen LogP contribution is -2.08. The Morgan fingerprint density at radius 3 is 3.00 bits per heavy atom. The SMILES string of the molecule is C=C(CCO)C1CC=C(C)CC1. The fourth-order valence-corrected chi connectivity index (χ4v) is 1.68. The van der Waals surface area contributed by atoms with Crippen LogP contribution in [-0.4, -0.2) is 11.7 Å². The minimum absolute atomic E-state index is 0.248. The summed E-state index contributed by atoms with van der Waals surface area (Å²) < 4.78 is 0. The Kier molecular flexibility index (Phi) is 3.54. The van der Waals surface area contributed by atoms with Gasteiger partial charge in [-0.1, -0.05) is 23.8 Å². The van der Waals surface area contributed by atoms with Crippen LogP contribution in [0.15, 0.2) is 23.8 Å². The van der Waals surface area contributed by atoms with Gasteiger partial charge in [-0.15, -0.1) is 0 Å². The normalized spacial score (nSPS) is 23.5. The van der Waals surface area contributed by atoms with Crippen LogP contribution >= 0.6 is 0 Å². The zero-order valence-electron chi connectivity index (χ0n) is 7.84. The first-order valence-electron chi connectivity index (χ1n) is 4.68. The van der Waals surface area contributed by atoms with E-state index in [9.17, 15) is 0 Å². The van der Waals surface area contributed by atoms with E-state index in [0.29, 0.717) is 5.92 Å². The van der Waals surface area contributed by atoms with Gasteiger partial charge in [0.25, 0.3) is 0 Å². The first kappa shape index (κ1) is 9.53. The van der Waals surface area contributed by atoms with E-state index in [1.165, 1.54) is 24.0 Å². The van der Waals surface area contributed by atoms with E-state index in [-0.39, 0.29) is 6.61 Å². The van der Waals surface area contributed by atoms with Gasteiger partial charge in [0.2, 0.25) is 0 Å². The molecule has 1 rings (SSSR count). The van der Waals surface area contributed by atoms with Crippen molar-refractivity contribution in [1.82, 2.24) is 0 Å². The smallest absolute Gasteiger partial charge is 0.0468 e. The lowest BCUT2D eigenvalue weighted by atomic mass is 9.84. The van der Waals surface area contributed by atoms with Gasteiger partial charge < -0.3 is 5.11 Å². The number of rotatable bonds is 3. The predicted octanol–water partition coefficient (Wildman–Crippen LogP) is 2.67. The predicted molar refractivity (Wildman–Crippen MR) is 51.9 cm³/mol. The summed E-state index contributed by atoms with van der Waals surface area (Å²) in [5.41, 5.74) is 2.73. The van der Waals surface area contributed by atoms with Gasteiger partial charge in [0.1, 0.15) is 0 Å². The lowest BCUT2D eigenvalue weighted by Gasteiger charge is -2.22. The maximum atomic E-state index is 8.74. The van der Waals surface area contributed by atoms with E-state index in [1.807, 2.05) is 0 Å². The third-order valence-electron chi connectivity index (χ3n) is 2.65. The van der Waals surface area contributed by atoms with Crippen molar-refractivity contribution >= 4 is 0 Å². The molecular weight excluding hydrogens is 148 g/mol. The number of aliphatic hydroxyl groups excluding tert-OH is 1. The molecule has 0 bridgehead atoms. The topological polar surface area (TPSA) is 20.2 Å². The van der Waals surface area contributed by atoms with Crippen molar-refractivity contribution < 1.29 is 5.11 Å². The summed E-state index contributed by atoms with van der Waals surface area (Å²) in [5, 5.41) is 8.74. The van der Waals surface area contributed by atoms with Crippen LogP contribution in [0.1, 0.15) is 32.6 Å². The van der Waals surface area contributed by atoms with E-state index < -0.39 is 0 Å². The zero-order valence-corrected chi connectivity index (χ0v) is 7.84. The molecule has 1 aliphatic carbocycles. The maximum absolute atomic E-state index is 8.74. The van der Waals surface area contributed by atoms with Crippen molar-refractivity contribution in [3.05, 3.63) is 23.8 Å². The molecule has 0 amide bonds. The Bertz CT molecular complexity index is 191. The molecule has 1 heteroatoms.